The predicted molar refractivity (Wildman–Crippen MR) is 60.8 cm³/mol. The molecular formula is C12H18FNO2. The van der Waals surface area contributed by atoms with Crippen LogP contribution < -0.4 is 10.5 Å². The minimum Gasteiger partial charge on any atom is -0.491 e. The average Bonchev–Trinajstić information content (AvgIpc) is 2.21. The second-order valence-corrected chi connectivity index (χ2v) is 4.40. The molecule has 16 heavy (non-hydrogen) atoms. The van der Waals surface area contributed by atoms with Crippen molar-refractivity contribution in [3.8, 4) is 5.75 Å². The number of hydrogen-bond donors (Lipinski definition) is 2. The summed E-state index contributed by atoms with van der Waals surface area (Å²) in [7, 11) is 0. The van der Waals surface area contributed by atoms with Crippen LogP contribution in [-0.2, 0) is 0 Å². The van der Waals surface area contributed by atoms with Crippen LogP contribution in [0.1, 0.15) is 20.3 Å². The summed E-state index contributed by atoms with van der Waals surface area (Å²) in [6.45, 7) is 3.53. The van der Waals surface area contributed by atoms with Gasteiger partial charge in [-0.1, -0.05) is 0 Å². The van der Waals surface area contributed by atoms with E-state index in [-0.39, 0.29) is 18.5 Å². The third-order valence-electron chi connectivity index (χ3n) is 2.27. The molecule has 2 atom stereocenters. The molecule has 0 aliphatic carbocycles. The summed E-state index contributed by atoms with van der Waals surface area (Å²) in [5, 5.41) is 9.02. The van der Waals surface area contributed by atoms with Gasteiger partial charge in [0.05, 0.1) is 12.7 Å². The molecule has 0 radical (unpaired) electrons. The lowest BCUT2D eigenvalue weighted by molar-refractivity contribution is 0.133. The molecule has 0 heterocycles. The lowest BCUT2D eigenvalue weighted by atomic mass is 9.97. The quantitative estimate of drug-likeness (QED) is 0.805. The summed E-state index contributed by atoms with van der Waals surface area (Å²) < 4.78 is 18.2. The van der Waals surface area contributed by atoms with Gasteiger partial charge in [-0.3, -0.25) is 0 Å². The molecule has 0 amide bonds. The number of benzene rings is 1. The first-order valence-corrected chi connectivity index (χ1v) is 5.25. The van der Waals surface area contributed by atoms with Gasteiger partial charge in [-0.25, -0.2) is 4.39 Å². The molecule has 90 valence electrons. The Kier molecular flexibility index (Phi) is 4.26. The van der Waals surface area contributed by atoms with Gasteiger partial charge in [0.1, 0.15) is 11.6 Å². The number of rotatable bonds is 5. The van der Waals surface area contributed by atoms with Crippen molar-refractivity contribution in [2.24, 2.45) is 5.73 Å². The van der Waals surface area contributed by atoms with Crippen LogP contribution in [0.25, 0.3) is 0 Å². The van der Waals surface area contributed by atoms with Crippen molar-refractivity contribution in [1.29, 1.82) is 0 Å². The molecule has 2 unspecified atom stereocenters. The highest BCUT2D eigenvalue weighted by Crippen LogP contribution is 2.17. The Morgan fingerprint density at radius 3 is 2.50 bits per heavy atom. The first-order chi connectivity index (χ1) is 7.43. The fraction of sp³-hybridized carbons (Fsp3) is 0.500. The summed E-state index contributed by atoms with van der Waals surface area (Å²) in [5.74, 6) is 0.307. The van der Waals surface area contributed by atoms with Crippen LogP contribution in [0.15, 0.2) is 24.3 Å². The van der Waals surface area contributed by atoms with Crippen molar-refractivity contribution in [3.63, 3.8) is 0 Å². The molecule has 1 aromatic rings. The molecule has 0 fully saturated rings. The standard InChI is InChI=1S/C12H18FNO2/c1-9(7-12(2,14)8-15)16-11-5-3-10(13)4-6-11/h3-6,9,15H,7-8,14H2,1-2H3. The molecule has 0 saturated carbocycles. The molecule has 3 nitrogen and oxygen atoms in total. The molecule has 0 aliphatic heterocycles. The molecule has 0 aromatic heterocycles. The van der Waals surface area contributed by atoms with Crippen LogP contribution >= 0.6 is 0 Å². The van der Waals surface area contributed by atoms with Crippen LogP contribution in [-0.4, -0.2) is 23.4 Å². The highest BCUT2D eigenvalue weighted by atomic mass is 19.1. The Bertz CT molecular complexity index is 324. The van der Waals surface area contributed by atoms with Gasteiger partial charge in [0.15, 0.2) is 0 Å². The zero-order chi connectivity index (χ0) is 12.2. The van der Waals surface area contributed by atoms with Crippen LogP contribution in [0.4, 0.5) is 4.39 Å². The molecular weight excluding hydrogens is 209 g/mol. The minimum atomic E-state index is -0.653. The van der Waals surface area contributed by atoms with Crippen molar-refractivity contribution in [2.45, 2.75) is 31.9 Å². The van der Waals surface area contributed by atoms with E-state index in [1.807, 2.05) is 6.92 Å². The Labute approximate surface area is 95.0 Å². The van der Waals surface area contributed by atoms with Crippen molar-refractivity contribution in [2.75, 3.05) is 6.61 Å². The lowest BCUT2D eigenvalue weighted by Gasteiger charge is -2.26. The SMILES string of the molecule is CC(CC(C)(N)CO)Oc1ccc(F)cc1. The van der Waals surface area contributed by atoms with E-state index in [4.69, 9.17) is 15.6 Å². The second kappa shape index (κ2) is 5.27. The van der Waals surface area contributed by atoms with E-state index in [1.54, 1.807) is 19.1 Å². The smallest absolute Gasteiger partial charge is 0.123 e. The average molecular weight is 227 g/mol. The molecule has 1 aromatic carbocycles. The number of ether oxygens (including phenoxy) is 1. The van der Waals surface area contributed by atoms with Crippen LogP contribution in [0.3, 0.4) is 0 Å². The summed E-state index contributed by atoms with van der Waals surface area (Å²) in [5.41, 5.74) is 5.15. The van der Waals surface area contributed by atoms with E-state index in [0.717, 1.165) is 0 Å². The molecule has 0 spiro atoms. The molecule has 1 rings (SSSR count). The van der Waals surface area contributed by atoms with Gasteiger partial charge in [-0.05, 0) is 38.1 Å². The van der Waals surface area contributed by atoms with Gasteiger partial charge < -0.3 is 15.6 Å². The van der Waals surface area contributed by atoms with Gasteiger partial charge in [0, 0.05) is 12.0 Å². The fourth-order valence-corrected chi connectivity index (χ4v) is 1.51. The molecule has 4 heteroatoms. The third kappa shape index (κ3) is 4.16. The predicted octanol–water partition coefficient (Wildman–Crippen LogP) is 1.69. The zero-order valence-electron chi connectivity index (χ0n) is 9.61. The van der Waals surface area contributed by atoms with Gasteiger partial charge in [-0.15, -0.1) is 0 Å². The lowest BCUT2D eigenvalue weighted by Crippen LogP contribution is -2.43. The highest BCUT2D eigenvalue weighted by molar-refractivity contribution is 5.22. The Morgan fingerprint density at radius 2 is 2.00 bits per heavy atom. The molecule has 0 bridgehead atoms. The highest BCUT2D eigenvalue weighted by Gasteiger charge is 2.21. The molecule has 3 N–H and O–H groups in total. The summed E-state index contributed by atoms with van der Waals surface area (Å²) in [6.07, 6.45) is 0.397. The summed E-state index contributed by atoms with van der Waals surface area (Å²) >= 11 is 0. The Morgan fingerprint density at radius 1 is 1.44 bits per heavy atom. The van der Waals surface area contributed by atoms with E-state index < -0.39 is 5.54 Å². The van der Waals surface area contributed by atoms with Crippen molar-refractivity contribution >= 4 is 0 Å². The largest absolute Gasteiger partial charge is 0.491 e. The number of halogens is 1. The summed E-state index contributed by atoms with van der Waals surface area (Å²) in [4.78, 5) is 0. The number of aliphatic hydroxyl groups is 1. The minimum absolute atomic E-state index is 0.0931. The van der Waals surface area contributed by atoms with Gasteiger partial charge in [0.2, 0.25) is 0 Å². The normalized spacial score (nSPS) is 16.6. The third-order valence-corrected chi connectivity index (χ3v) is 2.27. The van der Waals surface area contributed by atoms with Crippen LogP contribution in [0.2, 0.25) is 0 Å². The Balaban J connectivity index is 2.51. The topological polar surface area (TPSA) is 55.5 Å². The maximum Gasteiger partial charge on any atom is 0.123 e. The number of hydrogen-bond acceptors (Lipinski definition) is 3. The number of aliphatic hydroxyl groups excluding tert-OH is 1. The number of nitrogens with two attached hydrogens (primary N) is 1. The van der Waals surface area contributed by atoms with E-state index in [0.29, 0.717) is 12.2 Å². The van der Waals surface area contributed by atoms with Crippen LogP contribution in [0.5, 0.6) is 5.75 Å². The van der Waals surface area contributed by atoms with Crippen molar-refractivity contribution in [1.82, 2.24) is 0 Å². The van der Waals surface area contributed by atoms with E-state index in [9.17, 15) is 4.39 Å². The maximum absolute atomic E-state index is 12.6. The van der Waals surface area contributed by atoms with Gasteiger partial charge in [0.25, 0.3) is 0 Å². The molecule has 0 saturated heterocycles. The Hall–Kier alpha value is -1.13. The van der Waals surface area contributed by atoms with Gasteiger partial charge in [-0.2, -0.15) is 0 Å². The van der Waals surface area contributed by atoms with E-state index in [2.05, 4.69) is 0 Å². The summed E-state index contributed by atoms with van der Waals surface area (Å²) in [6, 6.07) is 5.82. The van der Waals surface area contributed by atoms with E-state index in [1.165, 1.54) is 12.1 Å². The van der Waals surface area contributed by atoms with Gasteiger partial charge >= 0.3 is 0 Å². The fourth-order valence-electron chi connectivity index (χ4n) is 1.51. The zero-order valence-corrected chi connectivity index (χ0v) is 9.61. The monoisotopic (exact) mass is 227 g/mol. The maximum atomic E-state index is 12.6. The second-order valence-electron chi connectivity index (χ2n) is 4.40. The van der Waals surface area contributed by atoms with Crippen molar-refractivity contribution < 1.29 is 14.2 Å². The van der Waals surface area contributed by atoms with Crippen molar-refractivity contribution in [3.05, 3.63) is 30.1 Å². The first kappa shape index (κ1) is 12.9. The first-order valence-electron chi connectivity index (χ1n) is 5.25. The van der Waals surface area contributed by atoms with E-state index >= 15 is 0 Å². The molecule has 0 aliphatic rings. The van der Waals surface area contributed by atoms with Crippen LogP contribution in [0, 0.1) is 5.82 Å².